The Hall–Kier alpha value is -2.14. The first-order valence-corrected chi connectivity index (χ1v) is 7.65. The van der Waals surface area contributed by atoms with Crippen LogP contribution in [0.25, 0.3) is 11.1 Å². The quantitative estimate of drug-likeness (QED) is 0.642. The number of hydrogen-bond acceptors (Lipinski definition) is 4. The zero-order valence-electron chi connectivity index (χ0n) is 10.9. The van der Waals surface area contributed by atoms with Gasteiger partial charge in [0.1, 0.15) is 0 Å². The normalized spacial score (nSPS) is 12.2. The van der Waals surface area contributed by atoms with Crippen molar-refractivity contribution >= 4 is 15.8 Å². The van der Waals surface area contributed by atoms with Crippen LogP contribution in [0.4, 0.5) is 0 Å². The molecule has 0 aliphatic carbocycles. The Morgan fingerprint density at radius 3 is 2.10 bits per heavy atom. The molecule has 2 aromatic rings. The predicted octanol–water partition coefficient (Wildman–Crippen LogP) is 2.74. The molecule has 0 fully saturated rings. The Kier molecular flexibility index (Phi) is 4.20. The summed E-state index contributed by atoms with van der Waals surface area (Å²) in [6, 6.07) is 17.1. The van der Waals surface area contributed by atoms with Crippen LogP contribution in [-0.4, -0.2) is 20.4 Å². The van der Waals surface area contributed by atoms with E-state index < -0.39 is 10.1 Å². The zero-order chi connectivity index (χ0) is 14.6. The van der Waals surface area contributed by atoms with E-state index >= 15 is 0 Å². The average molecular weight is 287 g/mol. The highest BCUT2D eigenvalue weighted by atomic mass is 32.2. The van der Waals surface area contributed by atoms with Crippen molar-refractivity contribution in [3.63, 3.8) is 0 Å². The van der Waals surface area contributed by atoms with Crippen LogP contribution in [0.3, 0.4) is 0 Å². The van der Waals surface area contributed by atoms with E-state index in [9.17, 15) is 8.42 Å². The maximum atomic E-state index is 10.8. The van der Waals surface area contributed by atoms with E-state index in [0.717, 1.165) is 17.4 Å². The third-order valence-corrected chi connectivity index (χ3v) is 2.90. The molecule has 5 heteroatoms. The maximum absolute atomic E-state index is 10.8. The molecule has 0 unspecified atom stereocenters. The van der Waals surface area contributed by atoms with Crippen LogP contribution in [0, 0.1) is 6.92 Å². The summed E-state index contributed by atoms with van der Waals surface area (Å²) in [5.74, 6) is 0. The van der Waals surface area contributed by atoms with Gasteiger partial charge in [-0.1, -0.05) is 59.8 Å². The van der Waals surface area contributed by atoms with Gasteiger partial charge in [0, 0.05) is 6.92 Å². The fraction of sp³-hybridized carbons (Fsp3) is 0.0667. The second-order valence-electron chi connectivity index (χ2n) is 4.20. The number of hydrogen-bond donors (Lipinski definition) is 0. The van der Waals surface area contributed by atoms with E-state index in [4.69, 9.17) is 6.92 Å². The first-order chi connectivity index (χ1) is 9.46. The van der Waals surface area contributed by atoms with Gasteiger partial charge in [-0.05, 0) is 16.7 Å². The summed E-state index contributed by atoms with van der Waals surface area (Å²) < 4.78 is 25.9. The Bertz CT molecular complexity index is 705. The summed E-state index contributed by atoms with van der Waals surface area (Å²) in [7, 11) is -3.65. The molecule has 2 radical (unpaired) electrons. The van der Waals surface area contributed by atoms with Crippen molar-refractivity contribution < 1.29 is 12.7 Å². The molecule has 0 N–H and O–H groups in total. The third kappa shape index (κ3) is 3.93. The molecule has 0 saturated carbocycles. The fourth-order valence-corrected chi connectivity index (χ4v) is 1.84. The average Bonchev–Trinajstić information content (AvgIpc) is 2.45. The van der Waals surface area contributed by atoms with Crippen molar-refractivity contribution in [2.75, 3.05) is 6.26 Å². The van der Waals surface area contributed by atoms with Crippen LogP contribution >= 0.6 is 0 Å². The monoisotopic (exact) mass is 287 g/mol. The lowest BCUT2D eigenvalue weighted by Crippen LogP contribution is -2.02. The highest BCUT2D eigenvalue weighted by Crippen LogP contribution is 2.19. The van der Waals surface area contributed by atoms with Crippen molar-refractivity contribution in [2.24, 2.45) is 5.16 Å². The van der Waals surface area contributed by atoms with Gasteiger partial charge < -0.3 is 0 Å². The largest absolute Gasteiger partial charge is 0.325 e. The summed E-state index contributed by atoms with van der Waals surface area (Å²) in [6.45, 7) is 5.65. The number of nitrogens with zero attached hydrogens (tertiary/aromatic N) is 1. The van der Waals surface area contributed by atoms with E-state index in [1.54, 1.807) is 12.1 Å². The van der Waals surface area contributed by atoms with Crippen molar-refractivity contribution in [2.45, 2.75) is 0 Å². The SMILES string of the molecule is [CH]C(=NOS(C)(=O)=O)c1ccc(-c2ccccc2)cc1. The van der Waals surface area contributed by atoms with Crippen LogP contribution in [0.2, 0.25) is 0 Å². The molecule has 0 amide bonds. The molecular formula is C15H13NO3S. The van der Waals surface area contributed by atoms with Gasteiger partial charge in [0.2, 0.25) is 0 Å². The van der Waals surface area contributed by atoms with Gasteiger partial charge in [0.25, 0.3) is 0 Å². The van der Waals surface area contributed by atoms with Crippen LogP contribution in [0.5, 0.6) is 0 Å². The second kappa shape index (κ2) is 5.88. The van der Waals surface area contributed by atoms with Crippen molar-refractivity contribution in [3.8, 4) is 11.1 Å². The smallest absolute Gasteiger partial charge is 0.268 e. The minimum Gasteiger partial charge on any atom is -0.268 e. The lowest BCUT2D eigenvalue weighted by molar-refractivity contribution is 0.343. The van der Waals surface area contributed by atoms with Crippen LogP contribution in [0.1, 0.15) is 5.56 Å². The summed E-state index contributed by atoms with van der Waals surface area (Å²) in [4.78, 5) is 0. The lowest BCUT2D eigenvalue weighted by Gasteiger charge is -2.04. The van der Waals surface area contributed by atoms with Gasteiger partial charge in [0.05, 0.1) is 12.0 Å². The van der Waals surface area contributed by atoms with Gasteiger partial charge in [-0.15, -0.1) is 0 Å². The topological polar surface area (TPSA) is 55.7 Å². The van der Waals surface area contributed by atoms with E-state index in [1.807, 2.05) is 42.5 Å². The predicted molar refractivity (Wildman–Crippen MR) is 78.6 cm³/mol. The van der Waals surface area contributed by atoms with E-state index in [2.05, 4.69) is 9.44 Å². The van der Waals surface area contributed by atoms with E-state index in [1.165, 1.54) is 0 Å². The standard InChI is InChI=1S/C15H13NO3S/c1-12(16-19-20(2,17)18)13-8-10-15(11-9-13)14-6-4-3-5-7-14/h1,3-11H,2H3. The van der Waals surface area contributed by atoms with Gasteiger partial charge >= 0.3 is 10.1 Å². The molecule has 0 aromatic heterocycles. The summed E-state index contributed by atoms with van der Waals surface area (Å²) >= 11 is 0. The first kappa shape index (κ1) is 14.3. The molecule has 0 aliphatic rings. The number of rotatable bonds is 4. The van der Waals surface area contributed by atoms with Gasteiger partial charge in [-0.2, -0.15) is 8.42 Å². The summed E-state index contributed by atoms with van der Waals surface area (Å²) in [6.07, 6.45) is 0.905. The van der Waals surface area contributed by atoms with E-state index in [0.29, 0.717) is 5.56 Å². The molecule has 4 nitrogen and oxygen atoms in total. The summed E-state index contributed by atoms with van der Waals surface area (Å²) in [5.41, 5.74) is 2.72. The highest BCUT2D eigenvalue weighted by molar-refractivity contribution is 7.85. The van der Waals surface area contributed by atoms with Gasteiger partial charge in [0.15, 0.2) is 0 Å². The molecule has 0 spiro atoms. The molecule has 0 heterocycles. The maximum Gasteiger partial charge on any atom is 0.325 e. The molecule has 0 aliphatic heterocycles. The zero-order valence-corrected chi connectivity index (χ0v) is 11.7. The minimum absolute atomic E-state index is 0.00929. The van der Waals surface area contributed by atoms with Gasteiger partial charge in [-0.3, -0.25) is 4.28 Å². The van der Waals surface area contributed by atoms with Crippen LogP contribution < -0.4 is 0 Å². The Labute approximate surface area is 118 Å². The highest BCUT2D eigenvalue weighted by Gasteiger charge is 2.04. The molecule has 20 heavy (non-hydrogen) atoms. The Morgan fingerprint density at radius 1 is 1.00 bits per heavy atom. The molecule has 102 valence electrons. The minimum atomic E-state index is -3.65. The third-order valence-electron chi connectivity index (χ3n) is 2.56. The van der Waals surface area contributed by atoms with Crippen molar-refractivity contribution in [1.29, 1.82) is 0 Å². The Morgan fingerprint density at radius 2 is 1.55 bits per heavy atom. The number of oxime groups is 1. The molecule has 2 rings (SSSR count). The first-order valence-electron chi connectivity index (χ1n) is 5.84. The van der Waals surface area contributed by atoms with E-state index in [-0.39, 0.29) is 5.71 Å². The molecule has 0 atom stereocenters. The fourth-order valence-electron chi connectivity index (χ4n) is 1.62. The van der Waals surface area contributed by atoms with Gasteiger partial charge in [-0.25, -0.2) is 0 Å². The Balaban J connectivity index is 2.20. The molecule has 2 aromatic carbocycles. The number of benzene rings is 2. The van der Waals surface area contributed by atoms with Crippen LogP contribution in [0.15, 0.2) is 59.8 Å². The molecular weight excluding hydrogens is 274 g/mol. The van der Waals surface area contributed by atoms with Crippen molar-refractivity contribution in [3.05, 3.63) is 67.1 Å². The molecule has 0 bridgehead atoms. The second-order valence-corrected chi connectivity index (χ2v) is 5.76. The molecule has 0 saturated heterocycles. The summed E-state index contributed by atoms with van der Waals surface area (Å²) in [5, 5.41) is 3.37. The van der Waals surface area contributed by atoms with Crippen molar-refractivity contribution in [1.82, 2.24) is 0 Å². The lowest BCUT2D eigenvalue weighted by atomic mass is 10.0. The van der Waals surface area contributed by atoms with Crippen LogP contribution in [-0.2, 0) is 14.4 Å².